The van der Waals surface area contributed by atoms with E-state index in [9.17, 15) is 14.9 Å². The minimum Gasteiger partial charge on any atom is -0.327 e. The summed E-state index contributed by atoms with van der Waals surface area (Å²) < 4.78 is 3.67. The van der Waals surface area contributed by atoms with E-state index in [2.05, 4.69) is 36.5 Å². The number of likely N-dealkylation sites (N-methyl/N-ethyl adjacent to an activating group) is 2. The predicted octanol–water partition coefficient (Wildman–Crippen LogP) is 3.83. The number of anilines is 2. The SMILES string of the molecule is CN1CCc2c(nc(C(=O)Nc3cccc(-c4cccc(NC(=O)c5nc6c(n5C)CCN(C)C6)c4C#N)c3Cl)n2C)C1. The molecule has 4 heterocycles. The molecule has 220 valence electrons. The molecule has 0 unspecified atom stereocenters. The summed E-state index contributed by atoms with van der Waals surface area (Å²) in [6.07, 6.45) is 1.63. The Morgan fingerprint density at radius 3 is 1.81 bits per heavy atom. The van der Waals surface area contributed by atoms with Crippen molar-refractivity contribution in [2.45, 2.75) is 25.9 Å². The number of carbonyl (C=O) groups excluding carboxylic acids is 2. The molecule has 12 heteroatoms. The second-order valence-corrected chi connectivity index (χ2v) is 11.5. The van der Waals surface area contributed by atoms with E-state index in [4.69, 9.17) is 11.6 Å². The highest BCUT2D eigenvalue weighted by Crippen LogP contribution is 2.38. The highest BCUT2D eigenvalue weighted by Gasteiger charge is 2.26. The van der Waals surface area contributed by atoms with Crippen LogP contribution >= 0.6 is 11.6 Å². The Bertz CT molecular complexity index is 1820. The lowest BCUT2D eigenvalue weighted by molar-refractivity contribution is 0.100. The summed E-state index contributed by atoms with van der Waals surface area (Å²) in [4.78, 5) is 40.2. The smallest absolute Gasteiger partial charge is 0.291 e. The molecule has 6 rings (SSSR count). The Hall–Kier alpha value is -4.50. The van der Waals surface area contributed by atoms with Gasteiger partial charge >= 0.3 is 0 Å². The van der Waals surface area contributed by atoms with Gasteiger partial charge in [-0.05, 0) is 26.2 Å². The molecule has 2 aromatic carbocycles. The zero-order valence-corrected chi connectivity index (χ0v) is 25.3. The summed E-state index contributed by atoms with van der Waals surface area (Å²) >= 11 is 6.85. The van der Waals surface area contributed by atoms with Crippen molar-refractivity contribution in [3.8, 4) is 17.2 Å². The van der Waals surface area contributed by atoms with Crippen LogP contribution in [0.4, 0.5) is 11.4 Å². The fourth-order valence-electron chi connectivity index (χ4n) is 5.92. The number of rotatable bonds is 5. The molecular weight excluding hydrogens is 566 g/mol. The number of nitriles is 1. The van der Waals surface area contributed by atoms with Crippen LogP contribution < -0.4 is 10.6 Å². The Morgan fingerprint density at radius 2 is 1.28 bits per heavy atom. The number of hydrogen-bond donors (Lipinski definition) is 2. The van der Waals surface area contributed by atoms with Crippen LogP contribution in [0.25, 0.3) is 11.1 Å². The third kappa shape index (κ3) is 5.18. The van der Waals surface area contributed by atoms with E-state index >= 15 is 0 Å². The van der Waals surface area contributed by atoms with Crippen molar-refractivity contribution in [2.75, 3.05) is 37.8 Å². The first-order valence-electron chi connectivity index (χ1n) is 14.1. The van der Waals surface area contributed by atoms with Gasteiger partial charge < -0.3 is 29.6 Å². The maximum absolute atomic E-state index is 13.3. The van der Waals surface area contributed by atoms with Gasteiger partial charge in [0.1, 0.15) is 6.07 Å². The summed E-state index contributed by atoms with van der Waals surface area (Å²) in [5.74, 6) is -0.167. The second-order valence-electron chi connectivity index (χ2n) is 11.2. The first-order chi connectivity index (χ1) is 20.7. The molecule has 4 aromatic rings. The first kappa shape index (κ1) is 28.6. The van der Waals surface area contributed by atoms with Gasteiger partial charge in [0, 0.05) is 75.6 Å². The first-order valence-corrected chi connectivity index (χ1v) is 14.4. The summed E-state index contributed by atoms with van der Waals surface area (Å²) in [5, 5.41) is 16.2. The monoisotopic (exact) mass is 597 g/mol. The topological polar surface area (TPSA) is 124 Å². The highest BCUT2D eigenvalue weighted by atomic mass is 35.5. The fourth-order valence-corrected chi connectivity index (χ4v) is 6.19. The average molecular weight is 598 g/mol. The van der Waals surface area contributed by atoms with Crippen molar-refractivity contribution in [2.24, 2.45) is 14.1 Å². The van der Waals surface area contributed by atoms with Crippen LogP contribution in [-0.2, 0) is 40.0 Å². The number of amides is 2. The quantitative estimate of drug-likeness (QED) is 0.358. The second kappa shape index (κ2) is 11.3. The molecule has 0 spiro atoms. The van der Waals surface area contributed by atoms with Gasteiger partial charge in [-0.25, -0.2) is 9.97 Å². The normalized spacial score (nSPS) is 15.0. The molecule has 0 saturated heterocycles. The maximum atomic E-state index is 13.3. The van der Waals surface area contributed by atoms with Gasteiger partial charge in [-0.1, -0.05) is 35.9 Å². The van der Waals surface area contributed by atoms with E-state index in [1.807, 2.05) is 37.3 Å². The lowest BCUT2D eigenvalue weighted by atomic mass is 9.98. The summed E-state index contributed by atoms with van der Waals surface area (Å²) in [6, 6.07) is 12.7. The number of aromatic nitrogens is 4. The number of benzene rings is 2. The van der Waals surface area contributed by atoms with Crippen LogP contribution in [-0.4, -0.2) is 67.9 Å². The van der Waals surface area contributed by atoms with Crippen molar-refractivity contribution in [3.63, 3.8) is 0 Å². The predicted molar refractivity (Wildman–Crippen MR) is 164 cm³/mol. The average Bonchev–Trinajstić information content (AvgIpc) is 3.49. The number of halogens is 1. The lowest BCUT2D eigenvalue weighted by Gasteiger charge is -2.21. The Labute approximate surface area is 254 Å². The summed E-state index contributed by atoms with van der Waals surface area (Å²) in [6.45, 7) is 3.18. The van der Waals surface area contributed by atoms with Gasteiger partial charge in [-0.15, -0.1) is 0 Å². The summed E-state index contributed by atoms with van der Waals surface area (Å²) in [5.41, 5.74) is 5.94. The molecule has 2 N–H and O–H groups in total. The van der Waals surface area contributed by atoms with Crippen LogP contribution in [0, 0.1) is 11.3 Å². The van der Waals surface area contributed by atoms with Crippen LogP contribution in [0.5, 0.6) is 0 Å². The van der Waals surface area contributed by atoms with Crippen LogP contribution in [0.1, 0.15) is 49.6 Å². The summed E-state index contributed by atoms with van der Waals surface area (Å²) in [7, 11) is 7.74. The minimum atomic E-state index is -0.399. The minimum absolute atomic E-state index is 0.251. The molecule has 2 amide bonds. The van der Waals surface area contributed by atoms with Crippen molar-refractivity contribution in [3.05, 3.63) is 81.4 Å². The Balaban J connectivity index is 1.28. The highest BCUT2D eigenvalue weighted by molar-refractivity contribution is 6.36. The molecule has 0 saturated carbocycles. The lowest BCUT2D eigenvalue weighted by Crippen LogP contribution is -2.27. The third-order valence-corrected chi connectivity index (χ3v) is 8.67. The van der Waals surface area contributed by atoms with Crippen molar-refractivity contribution in [1.29, 1.82) is 5.26 Å². The van der Waals surface area contributed by atoms with E-state index in [0.29, 0.717) is 47.2 Å². The number of fused-ring (bicyclic) bond motifs is 2. The van der Waals surface area contributed by atoms with E-state index in [1.54, 1.807) is 36.4 Å². The molecule has 0 aliphatic carbocycles. The molecule has 0 atom stereocenters. The third-order valence-electron chi connectivity index (χ3n) is 8.26. The van der Waals surface area contributed by atoms with Crippen molar-refractivity contribution in [1.82, 2.24) is 28.9 Å². The van der Waals surface area contributed by atoms with E-state index in [1.165, 1.54) is 0 Å². The van der Waals surface area contributed by atoms with Gasteiger partial charge in [0.05, 0.1) is 33.3 Å². The van der Waals surface area contributed by atoms with Crippen molar-refractivity contribution >= 4 is 34.8 Å². The largest absolute Gasteiger partial charge is 0.327 e. The molecule has 2 aliphatic rings. The maximum Gasteiger partial charge on any atom is 0.291 e. The number of nitrogens with one attached hydrogen (secondary N) is 2. The van der Waals surface area contributed by atoms with Crippen LogP contribution in [0.15, 0.2) is 36.4 Å². The van der Waals surface area contributed by atoms with Gasteiger partial charge in [0.15, 0.2) is 11.6 Å². The molecule has 2 aliphatic heterocycles. The zero-order chi connectivity index (χ0) is 30.4. The van der Waals surface area contributed by atoms with Gasteiger partial charge in [0.25, 0.3) is 11.8 Å². The van der Waals surface area contributed by atoms with E-state index in [-0.39, 0.29) is 16.5 Å². The molecule has 11 nitrogen and oxygen atoms in total. The molecule has 0 radical (unpaired) electrons. The van der Waals surface area contributed by atoms with Gasteiger partial charge in [0.2, 0.25) is 0 Å². The standard InChI is InChI=1S/C31H32ClN9O2/c1-38-13-11-25-23(16-38)34-28(40(25)3)30(42)36-21-9-5-7-18(20(21)15-33)19-8-6-10-22(27(19)32)37-31(43)29-35-24-17-39(2)14-12-26(24)41(29)4/h5-10H,11-14,16-17H2,1-4H3,(H,36,42)(H,37,43). The van der Waals surface area contributed by atoms with Gasteiger partial charge in [-0.2, -0.15) is 5.26 Å². The number of nitrogens with zero attached hydrogens (tertiary/aromatic N) is 7. The van der Waals surface area contributed by atoms with E-state index in [0.717, 1.165) is 48.7 Å². The van der Waals surface area contributed by atoms with Crippen molar-refractivity contribution < 1.29 is 9.59 Å². The number of hydrogen-bond acceptors (Lipinski definition) is 7. The molecule has 2 aromatic heterocycles. The molecule has 0 fully saturated rings. The molecule has 43 heavy (non-hydrogen) atoms. The fraction of sp³-hybridized carbons (Fsp3) is 0.323. The van der Waals surface area contributed by atoms with E-state index < -0.39 is 5.91 Å². The van der Waals surface area contributed by atoms with Crippen LogP contribution in [0.3, 0.4) is 0 Å². The number of carbonyl (C=O) groups is 2. The molecular formula is C31H32ClN9O2. The van der Waals surface area contributed by atoms with Gasteiger partial charge in [-0.3, -0.25) is 9.59 Å². The Morgan fingerprint density at radius 1 is 0.791 bits per heavy atom. The number of imidazole rings is 2. The zero-order valence-electron chi connectivity index (χ0n) is 24.5. The van der Waals surface area contributed by atoms with Crippen LogP contribution in [0.2, 0.25) is 5.02 Å². The Kier molecular flexibility index (Phi) is 7.52. The molecule has 0 bridgehead atoms.